The monoisotopic (exact) mass is 296 g/mol. The Kier molecular flexibility index (Phi) is 2.52. The van der Waals surface area contributed by atoms with E-state index in [1.165, 1.54) is 0 Å². The van der Waals surface area contributed by atoms with Gasteiger partial charge in [-0.15, -0.1) is 0 Å². The van der Waals surface area contributed by atoms with Gasteiger partial charge in [-0.25, -0.2) is 0 Å². The fourth-order valence-electron chi connectivity index (χ4n) is 2.64. The lowest BCUT2D eigenvalue weighted by molar-refractivity contribution is -0.0554. The van der Waals surface area contributed by atoms with Gasteiger partial charge >= 0.3 is 0 Å². The van der Waals surface area contributed by atoms with E-state index in [1.807, 2.05) is 25.1 Å². The second-order valence-electron chi connectivity index (χ2n) is 4.57. The van der Waals surface area contributed by atoms with Gasteiger partial charge in [0.15, 0.2) is 5.60 Å². The van der Waals surface area contributed by atoms with Crippen LogP contribution in [0, 0.1) is 0 Å². The van der Waals surface area contributed by atoms with Crippen molar-refractivity contribution < 1.29 is 14.3 Å². The molecule has 2 aliphatic heterocycles. The summed E-state index contributed by atoms with van der Waals surface area (Å²) in [5.74, 6) is 0.719. The van der Waals surface area contributed by atoms with Crippen molar-refractivity contribution in [2.45, 2.75) is 31.5 Å². The summed E-state index contributed by atoms with van der Waals surface area (Å²) in [5.41, 5.74) is -0.132. The standard InChI is InChI=1S/C13H13BrO3/c1-8-13(5-2-6-16-13)12(15)10-7-9(14)3-4-11(10)17-8/h3-4,7-8H,2,5-6H2,1H3. The molecule has 3 rings (SSSR count). The number of Topliss-reactive ketones (excluding diaryl/α,β-unsaturated/α-hetero) is 1. The molecule has 1 aromatic rings. The predicted octanol–water partition coefficient (Wildman–Crippen LogP) is 2.96. The van der Waals surface area contributed by atoms with Gasteiger partial charge in [-0.1, -0.05) is 15.9 Å². The van der Waals surface area contributed by atoms with Crippen molar-refractivity contribution in [1.29, 1.82) is 0 Å². The molecular formula is C13H13BrO3. The summed E-state index contributed by atoms with van der Waals surface area (Å²) in [7, 11) is 0. The average Bonchev–Trinajstić information content (AvgIpc) is 2.79. The van der Waals surface area contributed by atoms with Crippen LogP contribution in [0.15, 0.2) is 22.7 Å². The zero-order valence-corrected chi connectivity index (χ0v) is 11.1. The molecule has 1 saturated heterocycles. The number of ketones is 1. The highest BCUT2D eigenvalue weighted by Crippen LogP contribution is 2.41. The van der Waals surface area contributed by atoms with Crippen molar-refractivity contribution in [3.05, 3.63) is 28.2 Å². The topological polar surface area (TPSA) is 35.5 Å². The van der Waals surface area contributed by atoms with Crippen LogP contribution in [0.2, 0.25) is 0 Å². The van der Waals surface area contributed by atoms with Crippen LogP contribution in [0.1, 0.15) is 30.1 Å². The first-order valence-corrected chi connectivity index (χ1v) is 6.58. The highest BCUT2D eigenvalue weighted by molar-refractivity contribution is 9.10. The lowest BCUT2D eigenvalue weighted by atomic mass is 9.83. The zero-order chi connectivity index (χ0) is 12.0. The Morgan fingerprint density at radius 2 is 2.29 bits per heavy atom. The number of hydrogen-bond acceptors (Lipinski definition) is 3. The Labute approximate surface area is 108 Å². The van der Waals surface area contributed by atoms with Gasteiger partial charge < -0.3 is 9.47 Å². The molecule has 1 aromatic carbocycles. The maximum atomic E-state index is 12.6. The summed E-state index contributed by atoms with van der Waals surface area (Å²) < 4.78 is 12.4. The van der Waals surface area contributed by atoms with E-state index >= 15 is 0 Å². The number of halogens is 1. The molecule has 0 aliphatic carbocycles. The van der Waals surface area contributed by atoms with Crippen LogP contribution in [-0.4, -0.2) is 24.1 Å². The van der Waals surface area contributed by atoms with Gasteiger partial charge in [0, 0.05) is 11.1 Å². The second-order valence-corrected chi connectivity index (χ2v) is 5.49. The Morgan fingerprint density at radius 1 is 1.47 bits per heavy atom. The van der Waals surface area contributed by atoms with Crippen molar-refractivity contribution >= 4 is 21.7 Å². The van der Waals surface area contributed by atoms with E-state index in [1.54, 1.807) is 0 Å². The first-order chi connectivity index (χ1) is 8.13. The maximum Gasteiger partial charge on any atom is 0.202 e. The van der Waals surface area contributed by atoms with E-state index in [-0.39, 0.29) is 11.9 Å². The largest absolute Gasteiger partial charge is 0.486 e. The molecule has 0 N–H and O–H groups in total. The van der Waals surface area contributed by atoms with E-state index in [0.717, 1.165) is 17.3 Å². The number of fused-ring (bicyclic) bond motifs is 1. The number of benzene rings is 1. The third-order valence-electron chi connectivity index (χ3n) is 3.58. The van der Waals surface area contributed by atoms with Crippen molar-refractivity contribution in [3.8, 4) is 5.75 Å². The maximum absolute atomic E-state index is 12.6. The average molecular weight is 297 g/mol. The van der Waals surface area contributed by atoms with Crippen LogP contribution >= 0.6 is 15.9 Å². The Morgan fingerprint density at radius 3 is 3.00 bits per heavy atom. The molecular weight excluding hydrogens is 284 g/mol. The molecule has 1 fully saturated rings. The summed E-state index contributed by atoms with van der Waals surface area (Å²) >= 11 is 3.38. The normalized spacial score (nSPS) is 31.4. The van der Waals surface area contributed by atoms with Gasteiger partial charge in [-0.05, 0) is 38.0 Å². The highest BCUT2D eigenvalue weighted by Gasteiger charge is 2.52. The van der Waals surface area contributed by atoms with Gasteiger partial charge in [0.2, 0.25) is 5.78 Å². The molecule has 90 valence electrons. The summed E-state index contributed by atoms with van der Waals surface area (Å²) in [4.78, 5) is 12.6. The van der Waals surface area contributed by atoms with E-state index in [0.29, 0.717) is 17.9 Å². The minimum Gasteiger partial charge on any atom is -0.486 e. The van der Waals surface area contributed by atoms with Gasteiger partial charge in [0.25, 0.3) is 0 Å². The third-order valence-corrected chi connectivity index (χ3v) is 4.08. The third kappa shape index (κ3) is 1.54. The van der Waals surface area contributed by atoms with Crippen LogP contribution in [0.25, 0.3) is 0 Å². The molecule has 2 heterocycles. The number of carbonyl (C=O) groups excluding carboxylic acids is 1. The van der Waals surface area contributed by atoms with E-state index in [2.05, 4.69) is 15.9 Å². The van der Waals surface area contributed by atoms with Crippen molar-refractivity contribution in [2.75, 3.05) is 6.61 Å². The van der Waals surface area contributed by atoms with Crippen molar-refractivity contribution in [2.24, 2.45) is 0 Å². The molecule has 0 amide bonds. The number of rotatable bonds is 0. The molecule has 3 nitrogen and oxygen atoms in total. The van der Waals surface area contributed by atoms with Gasteiger partial charge in [0.05, 0.1) is 5.56 Å². The number of carbonyl (C=O) groups is 1. The first-order valence-electron chi connectivity index (χ1n) is 5.78. The van der Waals surface area contributed by atoms with E-state index in [4.69, 9.17) is 9.47 Å². The van der Waals surface area contributed by atoms with Crippen LogP contribution < -0.4 is 4.74 Å². The molecule has 0 aromatic heterocycles. The molecule has 4 heteroatoms. The van der Waals surface area contributed by atoms with Crippen molar-refractivity contribution in [1.82, 2.24) is 0 Å². The minimum atomic E-state index is -0.756. The molecule has 17 heavy (non-hydrogen) atoms. The minimum absolute atomic E-state index is 0.0602. The van der Waals surface area contributed by atoms with Crippen LogP contribution in [0.3, 0.4) is 0 Å². The second kappa shape index (κ2) is 3.82. The SMILES string of the molecule is CC1Oc2ccc(Br)cc2C(=O)C12CCCO2. The van der Waals surface area contributed by atoms with E-state index in [9.17, 15) is 4.79 Å². The van der Waals surface area contributed by atoms with Gasteiger partial charge in [-0.2, -0.15) is 0 Å². The quantitative estimate of drug-likeness (QED) is 0.738. The van der Waals surface area contributed by atoms with Crippen LogP contribution in [0.4, 0.5) is 0 Å². The first kappa shape index (κ1) is 11.2. The smallest absolute Gasteiger partial charge is 0.202 e. The fraction of sp³-hybridized carbons (Fsp3) is 0.462. The van der Waals surface area contributed by atoms with Gasteiger partial charge in [-0.3, -0.25) is 4.79 Å². The highest BCUT2D eigenvalue weighted by atomic mass is 79.9. The fourth-order valence-corrected chi connectivity index (χ4v) is 3.00. The lowest BCUT2D eigenvalue weighted by Crippen LogP contribution is -2.53. The summed E-state index contributed by atoms with van der Waals surface area (Å²) in [5, 5.41) is 0. The predicted molar refractivity (Wildman–Crippen MR) is 66.5 cm³/mol. The lowest BCUT2D eigenvalue weighted by Gasteiger charge is -2.37. The molecule has 0 radical (unpaired) electrons. The zero-order valence-electron chi connectivity index (χ0n) is 9.53. The Balaban J connectivity index is 2.11. The molecule has 0 bridgehead atoms. The van der Waals surface area contributed by atoms with Crippen LogP contribution in [-0.2, 0) is 4.74 Å². The molecule has 2 atom stereocenters. The van der Waals surface area contributed by atoms with E-state index < -0.39 is 5.60 Å². The summed E-state index contributed by atoms with van der Waals surface area (Å²) in [6.45, 7) is 2.55. The molecule has 1 spiro atoms. The van der Waals surface area contributed by atoms with Crippen LogP contribution in [0.5, 0.6) is 5.75 Å². The molecule has 2 unspecified atom stereocenters. The number of hydrogen-bond donors (Lipinski definition) is 0. The van der Waals surface area contributed by atoms with Gasteiger partial charge in [0.1, 0.15) is 11.9 Å². The summed E-state index contributed by atoms with van der Waals surface area (Å²) in [6.07, 6.45) is 1.45. The summed E-state index contributed by atoms with van der Waals surface area (Å²) in [6, 6.07) is 5.52. The molecule has 0 saturated carbocycles. The number of ether oxygens (including phenoxy) is 2. The Hall–Kier alpha value is -0.870. The van der Waals surface area contributed by atoms with Crippen molar-refractivity contribution in [3.63, 3.8) is 0 Å². The Bertz CT molecular complexity index is 478. The molecule has 2 aliphatic rings.